The van der Waals surface area contributed by atoms with Crippen LogP contribution in [0, 0.1) is 6.92 Å². The van der Waals surface area contributed by atoms with Crippen molar-refractivity contribution in [3.63, 3.8) is 0 Å². The number of rotatable bonds is 5. The molecule has 2 aromatic rings. The average Bonchev–Trinajstić information content (AvgIpc) is 2.53. The molecule has 0 aliphatic heterocycles. The van der Waals surface area contributed by atoms with E-state index in [-0.39, 0.29) is 24.6 Å². The standard InChI is InChI=1S/C19H20O4/c1-13(2)23-19(21)17-10-6-15(7-11-17)12-22-18(20)16-8-4-14(3)5-9-16/h4-11,13H,12H2,1-3H3. The van der Waals surface area contributed by atoms with E-state index in [9.17, 15) is 9.59 Å². The highest BCUT2D eigenvalue weighted by molar-refractivity contribution is 5.90. The lowest BCUT2D eigenvalue weighted by Gasteiger charge is -2.09. The van der Waals surface area contributed by atoms with Crippen molar-refractivity contribution in [1.82, 2.24) is 0 Å². The second-order valence-corrected chi connectivity index (χ2v) is 5.59. The number of carbonyl (C=O) groups excluding carboxylic acids is 2. The molecule has 4 nitrogen and oxygen atoms in total. The molecular formula is C19H20O4. The van der Waals surface area contributed by atoms with E-state index in [1.54, 1.807) is 50.2 Å². The Morgan fingerprint density at radius 3 is 1.96 bits per heavy atom. The monoisotopic (exact) mass is 312 g/mol. The van der Waals surface area contributed by atoms with Gasteiger partial charge in [-0.3, -0.25) is 0 Å². The lowest BCUT2D eigenvalue weighted by atomic mass is 10.1. The summed E-state index contributed by atoms with van der Waals surface area (Å²) in [6.45, 7) is 5.72. The lowest BCUT2D eigenvalue weighted by Crippen LogP contribution is -2.11. The van der Waals surface area contributed by atoms with Crippen LogP contribution in [0.4, 0.5) is 0 Å². The number of aryl methyl sites for hydroxylation is 1. The van der Waals surface area contributed by atoms with Crippen LogP contribution >= 0.6 is 0 Å². The first-order valence-electron chi connectivity index (χ1n) is 7.49. The van der Waals surface area contributed by atoms with E-state index in [1.807, 2.05) is 19.1 Å². The summed E-state index contributed by atoms with van der Waals surface area (Å²) in [5.74, 6) is -0.725. The van der Waals surface area contributed by atoms with E-state index in [1.165, 1.54) is 0 Å². The Balaban J connectivity index is 1.92. The highest BCUT2D eigenvalue weighted by Gasteiger charge is 2.10. The van der Waals surface area contributed by atoms with Gasteiger partial charge < -0.3 is 9.47 Å². The number of benzene rings is 2. The third-order valence-electron chi connectivity index (χ3n) is 3.19. The van der Waals surface area contributed by atoms with Gasteiger partial charge in [-0.15, -0.1) is 0 Å². The Morgan fingerprint density at radius 2 is 1.39 bits per heavy atom. The van der Waals surface area contributed by atoms with Crippen LogP contribution in [0.2, 0.25) is 0 Å². The van der Waals surface area contributed by atoms with Crippen molar-refractivity contribution in [1.29, 1.82) is 0 Å². The van der Waals surface area contributed by atoms with Crippen LogP contribution in [0.3, 0.4) is 0 Å². The summed E-state index contributed by atoms with van der Waals surface area (Å²) < 4.78 is 10.4. The second kappa shape index (κ2) is 7.58. The molecule has 0 aromatic heterocycles. The van der Waals surface area contributed by atoms with E-state index < -0.39 is 0 Å². The van der Waals surface area contributed by atoms with Crippen LogP contribution in [-0.4, -0.2) is 18.0 Å². The average molecular weight is 312 g/mol. The Labute approximate surface area is 136 Å². The molecule has 0 unspecified atom stereocenters. The maximum atomic E-state index is 11.9. The highest BCUT2D eigenvalue weighted by Crippen LogP contribution is 2.10. The Kier molecular flexibility index (Phi) is 5.52. The number of esters is 2. The molecular weight excluding hydrogens is 292 g/mol. The van der Waals surface area contributed by atoms with Gasteiger partial charge in [0.25, 0.3) is 0 Å². The zero-order valence-electron chi connectivity index (χ0n) is 13.5. The van der Waals surface area contributed by atoms with Gasteiger partial charge in [-0.25, -0.2) is 9.59 Å². The molecule has 2 aromatic carbocycles. The van der Waals surface area contributed by atoms with Crippen molar-refractivity contribution in [2.45, 2.75) is 33.5 Å². The molecule has 0 saturated heterocycles. The third kappa shape index (κ3) is 4.95. The molecule has 0 N–H and O–H groups in total. The van der Waals surface area contributed by atoms with Gasteiger partial charge >= 0.3 is 11.9 Å². The number of hydrogen-bond acceptors (Lipinski definition) is 4. The first-order valence-corrected chi connectivity index (χ1v) is 7.49. The van der Waals surface area contributed by atoms with Crippen LogP contribution in [0.5, 0.6) is 0 Å². The largest absolute Gasteiger partial charge is 0.459 e. The molecule has 0 heterocycles. The SMILES string of the molecule is Cc1ccc(C(=O)OCc2ccc(C(=O)OC(C)C)cc2)cc1. The second-order valence-electron chi connectivity index (χ2n) is 5.59. The van der Waals surface area contributed by atoms with Crippen molar-refractivity contribution in [3.05, 3.63) is 70.8 Å². The van der Waals surface area contributed by atoms with E-state index in [4.69, 9.17) is 9.47 Å². The van der Waals surface area contributed by atoms with E-state index >= 15 is 0 Å². The van der Waals surface area contributed by atoms with E-state index in [2.05, 4.69) is 0 Å². The predicted octanol–water partition coefficient (Wildman–Crippen LogP) is 3.92. The van der Waals surface area contributed by atoms with Crippen molar-refractivity contribution in [2.75, 3.05) is 0 Å². The molecule has 0 aliphatic rings. The normalized spacial score (nSPS) is 10.4. The molecule has 120 valence electrons. The number of ether oxygens (including phenoxy) is 2. The summed E-state index contributed by atoms with van der Waals surface area (Å²) >= 11 is 0. The molecule has 4 heteroatoms. The first-order chi connectivity index (χ1) is 11.0. The zero-order chi connectivity index (χ0) is 16.8. The lowest BCUT2D eigenvalue weighted by molar-refractivity contribution is 0.0376. The van der Waals surface area contributed by atoms with Gasteiger partial charge in [0.15, 0.2) is 0 Å². The first kappa shape index (κ1) is 16.7. The van der Waals surface area contributed by atoms with Gasteiger partial charge in [0, 0.05) is 0 Å². The molecule has 0 saturated carbocycles. The molecule has 0 radical (unpaired) electrons. The van der Waals surface area contributed by atoms with Crippen LogP contribution in [0.15, 0.2) is 48.5 Å². The van der Waals surface area contributed by atoms with Gasteiger partial charge in [-0.05, 0) is 50.6 Å². The predicted molar refractivity (Wildman–Crippen MR) is 87.3 cm³/mol. The summed E-state index contributed by atoms with van der Waals surface area (Å²) in [5.41, 5.74) is 2.90. The molecule has 23 heavy (non-hydrogen) atoms. The molecule has 0 aliphatic carbocycles. The fourth-order valence-corrected chi connectivity index (χ4v) is 1.94. The van der Waals surface area contributed by atoms with Crippen LogP contribution in [-0.2, 0) is 16.1 Å². The fourth-order valence-electron chi connectivity index (χ4n) is 1.94. The fraction of sp³-hybridized carbons (Fsp3) is 0.263. The topological polar surface area (TPSA) is 52.6 Å². The molecule has 0 amide bonds. The van der Waals surface area contributed by atoms with Crippen LogP contribution in [0.1, 0.15) is 45.7 Å². The van der Waals surface area contributed by atoms with Gasteiger partial charge in [0.2, 0.25) is 0 Å². The zero-order valence-corrected chi connectivity index (χ0v) is 13.5. The van der Waals surface area contributed by atoms with E-state index in [0.717, 1.165) is 11.1 Å². The summed E-state index contributed by atoms with van der Waals surface area (Å²) in [6.07, 6.45) is -0.155. The summed E-state index contributed by atoms with van der Waals surface area (Å²) in [6, 6.07) is 14.0. The maximum Gasteiger partial charge on any atom is 0.338 e. The van der Waals surface area contributed by atoms with Crippen molar-refractivity contribution in [2.24, 2.45) is 0 Å². The smallest absolute Gasteiger partial charge is 0.338 e. The van der Waals surface area contributed by atoms with Crippen LogP contribution in [0.25, 0.3) is 0 Å². The quantitative estimate of drug-likeness (QED) is 0.785. The minimum Gasteiger partial charge on any atom is -0.459 e. The molecule has 2 rings (SSSR count). The van der Waals surface area contributed by atoms with Crippen LogP contribution < -0.4 is 0 Å². The highest BCUT2D eigenvalue weighted by atomic mass is 16.5. The minimum atomic E-state index is -0.367. The third-order valence-corrected chi connectivity index (χ3v) is 3.19. The van der Waals surface area contributed by atoms with Gasteiger partial charge in [-0.2, -0.15) is 0 Å². The Bertz CT molecular complexity index is 670. The minimum absolute atomic E-state index is 0.155. The number of hydrogen-bond donors (Lipinski definition) is 0. The van der Waals surface area contributed by atoms with Crippen molar-refractivity contribution < 1.29 is 19.1 Å². The van der Waals surface area contributed by atoms with Crippen molar-refractivity contribution in [3.8, 4) is 0 Å². The Morgan fingerprint density at radius 1 is 0.870 bits per heavy atom. The summed E-state index contributed by atoms with van der Waals surface area (Å²) in [5, 5.41) is 0. The molecule has 0 bridgehead atoms. The summed E-state index contributed by atoms with van der Waals surface area (Å²) in [4.78, 5) is 23.7. The number of carbonyl (C=O) groups is 2. The van der Waals surface area contributed by atoms with Crippen molar-refractivity contribution >= 4 is 11.9 Å². The van der Waals surface area contributed by atoms with Gasteiger partial charge in [0.05, 0.1) is 17.2 Å². The molecule has 0 fully saturated rings. The molecule has 0 atom stereocenters. The molecule has 0 spiro atoms. The van der Waals surface area contributed by atoms with Gasteiger partial charge in [-0.1, -0.05) is 29.8 Å². The Hall–Kier alpha value is -2.62. The maximum absolute atomic E-state index is 11.9. The van der Waals surface area contributed by atoms with E-state index in [0.29, 0.717) is 11.1 Å². The van der Waals surface area contributed by atoms with Gasteiger partial charge in [0.1, 0.15) is 6.61 Å². The summed E-state index contributed by atoms with van der Waals surface area (Å²) in [7, 11) is 0.